The van der Waals surface area contributed by atoms with Gasteiger partial charge in [-0.25, -0.2) is 9.79 Å². The monoisotopic (exact) mass is 493 g/mol. The maximum Gasteiger partial charge on any atom is 0.366 e. The van der Waals surface area contributed by atoms with Crippen LogP contribution in [0, 0.1) is 23.7 Å². The van der Waals surface area contributed by atoms with Gasteiger partial charge in [0.15, 0.2) is 5.71 Å². The zero-order valence-electron chi connectivity index (χ0n) is 22.1. The molecular weight excluding hydrogens is 458 g/mol. The average molecular weight is 494 g/mol. The van der Waals surface area contributed by atoms with Crippen LogP contribution in [-0.2, 0) is 14.9 Å². The number of ether oxygens (including phenoxy) is 2. The van der Waals surface area contributed by atoms with Crippen molar-refractivity contribution in [3.63, 3.8) is 0 Å². The van der Waals surface area contributed by atoms with Crippen LogP contribution in [0.2, 0.25) is 0 Å². The Morgan fingerprint density at radius 2 is 1.57 bits per heavy atom. The van der Waals surface area contributed by atoms with E-state index in [9.17, 15) is 4.79 Å². The van der Waals surface area contributed by atoms with E-state index in [1.165, 1.54) is 5.56 Å². The van der Waals surface area contributed by atoms with Gasteiger partial charge in [0.05, 0.1) is 12.8 Å². The number of methoxy groups -OCH3 is 1. The van der Waals surface area contributed by atoms with E-state index in [1.807, 2.05) is 48.5 Å². The Kier molecular flexibility index (Phi) is 8.46. The molecule has 1 fully saturated rings. The van der Waals surface area contributed by atoms with E-state index in [-0.39, 0.29) is 23.1 Å². The van der Waals surface area contributed by atoms with Crippen molar-refractivity contribution in [2.24, 2.45) is 16.8 Å². The first-order chi connectivity index (χ1) is 17.9. The van der Waals surface area contributed by atoms with Crippen molar-refractivity contribution >= 4 is 17.4 Å². The van der Waals surface area contributed by atoms with Gasteiger partial charge in [-0.3, -0.25) is 0 Å². The topological polar surface area (TPSA) is 47.9 Å². The highest BCUT2D eigenvalue weighted by Crippen LogP contribution is 2.43. The third kappa shape index (κ3) is 6.68. The molecule has 4 nitrogen and oxygen atoms in total. The maximum atomic E-state index is 13.6. The highest BCUT2D eigenvalue weighted by molar-refractivity contribution is 6.44. The maximum absolute atomic E-state index is 13.6. The summed E-state index contributed by atoms with van der Waals surface area (Å²) in [4.78, 5) is 18.2. The van der Waals surface area contributed by atoms with Crippen LogP contribution in [0.15, 0.2) is 89.9 Å². The molecule has 0 bridgehead atoms. The van der Waals surface area contributed by atoms with Gasteiger partial charge in [-0.2, -0.15) is 0 Å². The molecule has 1 aliphatic rings. The number of aliphatic imine (C=N–C) groups is 1. The van der Waals surface area contributed by atoms with Crippen LogP contribution in [0.4, 0.5) is 5.69 Å². The SMILES string of the molecule is COc1ccc(N=C(C#Cc2ccccc2)C(=O)O[C@@H]2C[C@H](C)CC[C@H]2C(C)(C)c2ccccc2)cc1. The summed E-state index contributed by atoms with van der Waals surface area (Å²) in [5, 5.41) is 0. The third-order valence-electron chi connectivity index (χ3n) is 7.36. The van der Waals surface area contributed by atoms with Crippen LogP contribution in [0.3, 0.4) is 0 Å². The van der Waals surface area contributed by atoms with Crippen LogP contribution in [0.1, 0.15) is 51.2 Å². The first-order valence-corrected chi connectivity index (χ1v) is 12.9. The van der Waals surface area contributed by atoms with Gasteiger partial charge in [-0.15, -0.1) is 0 Å². The molecule has 0 aliphatic heterocycles. The Hall–Kier alpha value is -3.84. The predicted octanol–water partition coefficient (Wildman–Crippen LogP) is 7.15. The highest BCUT2D eigenvalue weighted by atomic mass is 16.5. The lowest BCUT2D eigenvalue weighted by molar-refractivity contribution is -0.147. The Bertz CT molecular complexity index is 1270. The van der Waals surface area contributed by atoms with E-state index in [0.29, 0.717) is 11.6 Å². The van der Waals surface area contributed by atoms with Gasteiger partial charge in [-0.1, -0.05) is 81.6 Å². The minimum Gasteiger partial charge on any atom is -0.497 e. The summed E-state index contributed by atoms with van der Waals surface area (Å²) < 4.78 is 11.5. The fourth-order valence-electron chi connectivity index (χ4n) is 5.12. The van der Waals surface area contributed by atoms with Crippen molar-refractivity contribution in [1.82, 2.24) is 0 Å². The number of rotatable bonds is 6. The van der Waals surface area contributed by atoms with Crippen molar-refractivity contribution in [2.75, 3.05) is 7.11 Å². The van der Waals surface area contributed by atoms with E-state index in [4.69, 9.17) is 9.47 Å². The summed E-state index contributed by atoms with van der Waals surface area (Å²) in [6.45, 7) is 6.74. The van der Waals surface area contributed by atoms with Crippen molar-refractivity contribution in [1.29, 1.82) is 0 Å². The molecule has 3 aromatic rings. The first-order valence-electron chi connectivity index (χ1n) is 12.9. The summed E-state index contributed by atoms with van der Waals surface area (Å²) in [6, 6.07) is 27.3. The van der Waals surface area contributed by atoms with Gasteiger partial charge >= 0.3 is 5.97 Å². The molecule has 3 aromatic carbocycles. The molecule has 0 saturated heterocycles. The van der Waals surface area contributed by atoms with Crippen molar-refractivity contribution in [3.8, 4) is 17.6 Å². The van der Waals surface area contributed by atoms with Gasteiger partial charge in [0.25, 0.3) is 0 Å². The van der Waals surface area contributed by atoms with Crippen LogP contribution in [0.25, 0.3) is 0 Å². The molecule has 0 radical (unpaired) electrons. The zero-order valence-corrected chi connectivity index (χ0v) is 22.1. The Labute approximate surface area is 220 Å². The number of carbonyl (C=O) groups excluding carboxylic acids is 1. The minimum atomic E-state index is -0.479. The minimum absolute atomic E-state index is 0.100. The van der Waals surface area contributed by atoms with Crippen molar-refractivity contribution in [2.45, 2.75) is 51.6 Å². The van der Waals surface area contributed by atoms with Crippen molar-refractivity contribution < 1.29 is 14.3 Å². The van der Waals surface area contributed by atoms with E-state index < -0.39 is 5.97 Å². The Balaban J connectivity index is 1.64. The van der Waals surface area contributed by atoms with Crippen LogP contribution >= 0.6 is 0 Å². The zero-order chi connectivity index (χ0) is 26.3. The molecular formula is C33H35NO3. The number of hydrogen-bond acceptors (Lipinski definition) is 4. The number of esters is 1. The summed E-state index contributed by atoms with van der Waals surface area (Å²) in [5.74, 6) is 6.99. The number of carbonyl (C=O) groups is 1. The van der Waals surface area contributed by atoms with Gasteiger partial charge < -0.3 is 9.47 Å². The summed E-state index contributed by atoms with van der Waals surface area (Å²) in [7, 11) is 1.62. The van der Waals surface area contributed by atoms with Crippen LogP contribution < -0.4 is 4.74 Å². The second kappa shape index (κ2) is 11.9. The molecule has 190 valence electrons. The lowest BCUT2D eigenvalue weighted by Crippen LogP contribution is -2.44. The van der Waals surface area contributed by atoms with Gasteiger partial charge in [-0.05, 0) is 72.1 Å². The van der Waals surface area contributed by atoms with Gasteiger partial charge in [0, 0.05) is 11.5 Å². The molecule has 37 heavy (non-hydrogen) atoms. The largest absolute Gasteiger partial charge is 0.497 e. The fourth-order valence-corrected chi connectivity index (χ4v) is 5.12. The number of hydrogen-bond donors (Lipinski definition) is 0. The average Bonchev–Trinajstić information content (AvgIpc) is 2.92. The van der Waals surface area contributed by atoms with E-state index in [1.54, 1.807) is 19.2 Å². The molecule has 3 atom stereocenters. The Morgan fingerprint density at radius 3 is 2.22 bits per heavy atom. The second-order valence-corrected chi connectivity index (χ2v) is 10.3. The van der Waals surface area contributed by atoms with Crippen molar-refractivity contribution in [3.05, 3.63) is 96.1 Å². The van der Waals surface area contributed by atoms with Crippen LogP contribution in [-0.4, -0.2) is 24.9 Å². The molecule has 0 aromatic heterocycles. The first kappa shape index (κ1) is 26.2. The number of nitrogens with zero attached hydrogens (tertiary/aromatic N) is 1. The van der Waals surface area contributed by atoms with E-state index >= 15 is 0 Å². The summed E-state index contributed by atoms with van der Waals surface area (Å²) in [6.07, 6.45) is 2.73. The third-order valence-corrected chi connectivity index (χ3v) is 7.36. The van der Waals surface area contributed by atoms with Gasteiger partial charge in [0.1, 0.15) is 11.9 Å². The molecule has 0 N–H and O–H groups in total. The van der Waals surface area contributed by atoms with Gasteiger partial charge in [0.2, 0.25) is 0 Å². The van der Waals surface area contributed by atoms with E-state index in [0.717, 1.165) is 30.6 Å². The normalized spacial score (nSPS) is 19.9. The molecule has 0 unspecified atom stereocenters. The predicted molar refractivity (Wildman–Crippen MR) is 149 cm³/mol. The summed E-state index contributed by atoms with van der Waals surface area (Å²) in [5.41, 5.74) is 2.64. The standard InChI is InChI=1S/C33H35NO3/c1-24-15-21-29(33(2,3)26-13-9-6-10-14-26)31(23-24)37-32(35)30(22-16-25-11-7-5-8-12-25)34-27-17-19-28(36-4)20-18-27/h5-14,17-20,24,29,31H,15,21,23H2,1-4H3/t24-,29-,31-/m1/s1. The number of benzene rings is 3. The van der Waals surface area contributed by atoms with Crippen LogP contribution in [0.5, 0.6) is 5.75 Å². The quantitative estimate of drug-likeness (QED) is 0.208. The second-order valence-electron chi connectivity index (χ2n) is 10.3. The molecule has 4 heteroatoms. The molecule has 0 amide bonds. The summed E-state index contributed by atoms with van der Waals surface area (Å²) >= 11 is 0. The van der Waals surface area contributed by atoms with E-state index in [2.05, 4.69) is 61.9 Å². The lowest BCUT2D eigenvalue weighted by Gasteiger charge is -2.43. The molecule has 4 rings (SSSR count). The lowest BCUT2D eigenvalue weighted by atomic mass is 9.64. The Morgan fingerprint density at radius 1 is 0.919 bits per heavy atom. The highest BCUT2D eigenvalue weighted by Gasteiger charge is 2.42. The molecule has 0 spiro atoms. The fraction of sp³-hybridized carbons (Fsp3) is 0.333. The molecule has 1 aliphatic carbocycles. The molecule has 1 saturated carbocycles. The smallest absolute Gasteiger partial charge is 0.366 e. The molecule has 0 heterocycles.